The predicted molar refractivity (Wildman–Crippen MR) is 108 cm³/mol. The maximum atomic E-state index is 12.9. The van der Waals surface area contributed by atoms with Crippen LogP contribution in [0.15, 0.2) is 42.5 Å². The number of fused-ring (bicyclic) bond motifs is 5. The average molecular weight is 378 g/mol. The molecule has 1 saturated heterocycles. The summed E-state index contributed by atoms with van der Waals surface area (Å²) in [6.07, 6.45) is 0. The van der Waals surface area contributed by atoms with E-state index in [-0.39, 0.29) is 5.91 Å². The number of aromatic amines is 1. The van der Waals surface area contributed by atoms with E-state index in [1.165, 1.54) is 4.90 Å². The van der Waals surface area contributed by atoms with Crippen LogP contribution in [0.1, 0.15) is 10.4 Å². The van der Waals surface area contributed by atoms with Gasteiger partial charge >= 0.3 is 0 Å². The second-order valence-corrected chi connectivity index (χ2v) is 7.59. The molecule has 1 aliphatic rings. The number of hydrogen-bond donors (Lipinski definition) is 2. The number of nitrogens with one attached hydrogen (secondary N) is 2. The molecule has 1 amide bonds. The van der Waals surface area contributed by atoms with Gasteiger partial charge in [0.05, 0.1) is 49.8 Å². The lowest BCUT2D eigenvalue weighted by Gasteiger charge is -2.30. The van der Waals surface area contributed by atoms with Gasteiger partial charge in [-0.15, -0.1) is 0 Å². The van der Waals surface area contributed by atoms with Gasteiger partial charge in [0, 0.05) is 10.9 Å². The molecule has 0 unspecified atom stereocenters. The van der Waals surface area contributed by atoms with Crippen molar-refractivity contribution in [2.45, 2.75) is 0 Å². The molecule has 0 saturated carbocycles. The lowest BCUT2D eigenvalue weighted by Crippen LogP contribution is -3.12. The molecule has 4 aromatic rings. The van der Waals surface area contributed by atoms with Gasteiger partial charge in [-0.3, -0.25) is 9.20 Å². The van der Waals surface area contributed by atoms with Crippen LogP contribution in [-0.2, 0) is 0 Å². The fraction of sp³-hybridized carbons (Fsp3) is 0.250. The summed E-state index contributed by atoms with van der Waals surface area (Å²) < 4.78 is 2.54. The highest BCUT2D eigenvalue weighted by Crippen LogP contribution is 2.24. The molecule has 7 heteroatoms. The summed E-state index contributed by atoms with van der Waals surface area (Å²) in [6, 6.07) is 13.7. The van der Waals surface area contributed by atoms with Crippen LogP contribution in [0.3, 0.4) is 0 Å². The fourth-order valence-corrected chi connectivity index (χ4v) is 4.13. The Morgan fingerprint density at radius 1 is 1.19 bits per heavy atom. The summed E-state index contributed by atoms with van der Waals surface area (Å²) in [4.78, 5) is 24.3. The van der Waals surface area contributed by atoms with Crippen molar-refractivity contribution in [3.8, 4) is 0 Å². The number of benzene rings is 2. The Morgan fingerprint density at radius 3 is 2.78 bits per heavy atom. The third-order valence-corrected chi connectivity index (χ3v) is 5.70. The van der Waals surface area contributed by atoms with Crippen molar-refractivity contribution in [1.82, 2.24) is 19.3 Å². The first-order valence-corrected chi connectivity index (χ1v) is 9.56. The topological polar surface area (TPSA) is 57.8 Å². The van der Waals surface area contributed by atoms with Gasteiger partial charge in [0.15, 0.2) is 4.77 Å². The first kappa shape index (κ1) is 16.4. The molecule has 27 heavy (non-hydrogen) atoms. The van der Waals surface area contributed by atoms with E-state index in [1.54, 1.807) is 0 Å². The van der Waals surface area contributed by atoms with Crippen molar-refractivity contribution in [3.05, 3.63) is 52.8 Å². The van der Waals surface area contributed by atoms with E-state index in [0.717, 1.165) is 53.8 Å². The van der Waals surface area contributed by atoms with Gasteiger partial charge in [0.25, 0.3) is 5.91 Å². The zero-order chi connectivity index (χ0) is 18.5. The molecule has 0 aliphatic carbocycles. The monoisotopic (exact) mass is 378 g/mol. The van der Waals surface area contributed by atoms with Gasteiger partial charge in [0.1, 0.15) is 5.65 Å². The van der Waals surface area contributed by atoms with Gasteiger partial charge < -0.3 is 14.8 Å². The van der Waals surface area contributed by atoms with Crippen molar-refractivity contribution in [2.75, 3.05) is 33.2 Å². The molecule has 1 aliphatic heterocycles. The highest BCUT2D eigenvalue weighted by atomic mass is 32.1. The second-order valence-electron chi connectivity index (χ2n) is 7.20. The van der Waals surface area contributed by atoms with E-state index in [0.29, 0.717) is 10.3 Å². The number of H-pyrrole nitrogens is 1. The van der Waals surface area contributed by atoms with E-state index in [2.05, 4.69) is 12.0 Å². The Morgan fingerprint density at radius 2 is 1.96 bits per heavy atom. The second kappa shape index (κ2) is 6.14. The highest BCUT2D eigenvalue weighted by molar-refractivity contribution is 7.71. The number of imidazole rings is 1. The number of hydrogen-bond acceptors (Lipinski definition) is 3. The molecule has 136 valence electrons. The van der Waals surface area contributed by atoms with Crippen molar-refractivity contribution >= 4 is 45.7 Å². The van der Waals surface area contributed by atoms with Crippen LogP contribution in [0.5, 0.6) is 0 Å². The number of carbonyl (C=O) groups is 1. The Labute approximate surface area is 161 Å². The molecule has 0 atom stereocenters. The van der Waals surface area contributed by atoms with Gasteiger partial charge in [-0.2, -0.15) is 0 Å². The molecular weight excluding hydrogens is 358 g/mol. The minimum absolute atomic E-state index is 0.0806. The zero-order valence-electron chi connectivity index (χ0n) is 15.0. The molecule has 5 rings (SSSR count). The molecule has 2 aromatic heterocycles. The number of likely N-dealkylation sites (N-methyl/N-ethyl adjacent to an activating group) is 1. The number of rotatable bonds is 1. The third kappa shape index (κ3) is 2.62. The van der Waals surface area contributed by atoms with Crippen molar-refractivity contribution in [3.63, 3.8) is 0 Å². The minimum Gasteiger partial charge on any atom is -0.334 e. The molecule has 2 aromatic carbocycles. The summed E-state index contributed by atoms with van der Waals surface area (Å²) in [5, 5.41) is 0.958. The minimum atomic E-state index is 0.0806. The summed E-state index contributed by atoms with van der Waals surface area (Å²) >= 11 is 5.58. The molecule has 0 radical (unpaired) electrons. The largest absolute Gasteiger partial charge is 0.334 e. The Bertz CT molecular complexity index is 1250. The van der Waals surface area contributed by atoms with E-state index < -0.39 is 0 Å². The summed E-state index contributed by atoms with van der Waals surface area (Å²) in [6.45, 7) is 3.57. The number of piperazine rings is 1. The fourth-order valence-electron chi connectivity index (χ4n) is 3.83. The van der Waals surface area contributed by atoms with E-state index >= 15 is 0 Å². The lowest BCUT2D eigenvalue weighted by atomic mass is 10.1. The molecule has 3 heterocycles. The van der Waals surface area contributed by atoms with E-state index in [4.69, 9.17) is 17.2 Å². The number of nitrogens with zero attached hydrogens (tertiary/aromatic N) is 3. The first-order valence-electron chi connectivity index (χ1n) is 9.15. The number of amides is 1. The highest BCUT2D eigenvalue weighted by Gasteiger charge is 2.23. The van der Waals surface area contributed by atoms with E-state index in [9.17, 15) is 4.79 Å². The van der Waals surface area contributed by atoms with Gasteiger partial charge in [-0.25, -0.2) is 4.98 Å². The smallest absolute Gasteiger partial charge is 0.254 e. The van der Waals surface area contributed by atoms with Gasteiger partial charge in [0.2, 0.25) is 0 Å². The lowest BCUT2D eigenvalue weighted by molar-refractivity contribution is -0.883. The molecule has 0 bridgehead atoms. The van der Waals surface area contributed by atoms with E-state index in [1.807, 2.05) is 51.8 Å². The van der Waals surface area contributed by atoms with Crippen LogP contribution < -0.4 is 4.90 Å². The van der Waals surface area contributed by atoms with Crippen LogP contribution in [0.4, 0.5) is 0 Å². The zero-order valence-corrected chi connectivity index (χ0v) is 15.8. The van der Waals surface area contributed by atoms with Crippen LogP contribution >= 0.6 is 12.2 Å². The van der Waals surface area contributed by atoms with Crippen molar-refractivity contribution < 1.29 is 9.69 Å². The number of carbonyl (C=O) groups excluding carboxylic acids is 1. The average Bonchev–Trinajstić information content (AvgIpc) is 3.08. The van der Waals surface area contributed by atoms with Gasteiger partial charge in [-0.05, 0) is 42.5 Å². The molecular formula is C20H20N5OS+. The number of quaternary nitrogens is 1. The maximum absolute atomic E-state index is 12.9. The van der Waals surface area contributed by atoms with Crippen molar-refractivity contribution in [1.29, 1.82) is 0 Å². The Balaban J connectivity index is 1.64. The first-order chi connectivity index (χ1) is 13.1. The quantitative estimate of drug-likeness (QED) is 0.496. The summed E-state index contributed by atoms with van der Waals surface area (Å²) in [5.41, 5.74) is 4.24. The SMILES string of the molecule is C[NH+]1CCN(C(=O)c2ccc3c(c2)[nH]c(=S)n2c4ccccc4nc32)CC1. The number of para-hydroxylation sites is 2. The predicted octanol–water partition coefficient (Wildman–Crippen LogP) is 1.67. The molecule has 6 nitrogen and oxygen atoms in total. The van der Waals surface area contributed by atoms with Crippen LogP contribution in [-0.4, -0.2) is 58.4 Å². The Hall–Kier alpha value is -2.77. The van der Waals surface area contributed by atoms with Crippen LogP contribution in [0.2, 0.25) is 0 Å². The molecule has 0 spiro atoms. The van der Waals surface area contributed by atoms with Gasteiger partial charge in [-0.1, -0.05) is 12.1 Å². The molecule has 2 N–H and O–H groups in total. The van der Waals surface area contributed by atoms with Crippen molar-refractivity contribution in [2.24, 2.45) is 0 Å². The standard InChI is InChI=1S/C20H19N5OS/c1-23-8-10-24(11-9-23)19(26)13-6-7-14-16(12-13)22-20(27)25-17-5-3-2-4-15(17)21-18(14)25/h2-7,12H,8-11H2,1H3,(H,22,27)/p+1. The maximum Gasteiger partial charge on any atom is 0.254 e. The third-order valence-electron chi connectivity index (χ3n) is 5.42. The van der Waals surface area contributed by atoms with Crippen LogP contribution in [0, 0.1) is 4.77 Å². The molecule has 1 fully saturated rings. The summed E-state index contributed by atoms with van der Waals surface area (Å²) in [7, 11) is 2.16. The number of aromatic nitrogens is 3. The Kier molecular flexibility index (Phi) is 3.73. The van der Waals surface area contributed by atoms with Crippen LogP contribution in [0.25, 0.3) is 27.6 Å². The summed E-state index contributed by atoms with van der Waals surface area (Å²) in [5.74, 6) is 0.0806. The normalized spacial score (nSPS) is 15.8.